The van der Waals surface area contributed by atoms with E-state index in [2.05, 4.69) is 5.32 Å². The number of carbonyl (C=O) groups excluding carboxylic acids is 1. The minimum Gasteiger partial charge on any atom is -0.383 e. The molecule has 1 rings (SSSR count). The van der Waals surface area contributed by atoms with Crippen molar-refractivity contribution in [2.45, 2.75) is 6.04 Å². The van der Waals surface area contributed by atoms with Gasteiger partial charge in [0.1, 0.15) is 6.04 Å². The third kappa shape index (κ3) is 3.16. The molecule has 14 heavy (non-hydrogen) atoms. The first-order valence-corrected chi connectivity index (χ1v) is 4.29. The van der Waals surface area contributed by atoms with Gasteiger partial charge in [0.15, 0.2) is 0 Å². The summed E-state index contributed by atoms with van der Waals surface area (Å²) in [6, 6.07) is 8.30. The zero-order valence-electron chi connectivity index (χ0n) is 8.01. The number of para-hydroxylation sites is 1. The van der Waals surface area contributed by atoms with Crippen molar-refractivity contribution in [3.8, 4) is 0 Å². The second-order valence-corrected chi connectivity index (χ2v) is 2.85. The second-order valence-electron chi connectivity index (χ2n) is 2.85. The van der Waals surface area contributed by atoms with Gasteiger partial charge in [-0.05, 0) is 12.1 Å². The van der Waals surface area contributed by atoms with Crippen molar-refractivity contribution < 1.29 is 9.53 Å². The summed E-state index contributed by atoms with van der Waals surface area (Å²) in [7, 11) is 1.50. The van der Waals surface area contributed by atoms with Crippen LogP contribution in [0.5, 0.6) is 0 Å². The Labute approximate surface area is 83.1 Å². The molecule has 0 saturated heterocycles. The SMILES string of the molecule is COC[C@H](N)C(=O)[N]c1ccccc1. The third-order valence-corrected chi connectivity index (χ3v) is 1.66. The zero-order valence-corrected chi connectivity index (χ0v) is 8.01. The van der Waals surface area contributed by atoms with Crippen molar-refractivity contribution in [3.05, 3.63) is 30.3 Å². The van der Waals surface area contributed by atoms with E-state index in [9.17, 15) is 4.79 Å². The molecule has 0 bridgehead atoms. The monoisotopic (exact) mass is 193 g/mol. The van der Waals surface area contributed by atoms with Crippen LogP contribution in [0.15, 0.2) is 30.3 Å². The molecule has 0 unspecified atom stereocenters. The fraction of sp³-hybridized carbons (Fsp3) is 0.300. The summed E-state index contributed by atoms with van der Waals surface area (Å²) in [4.78, 5) is 11.3. The lowest BCUT2D eigenvalue weighted by Crippen LogP contribution is -2.38. The van der Waals surface area contributed by atoms with Crippen LogP contribution < -0.4 is 11.1 Å². The van der Waals surface area contributed by atoms with Gasteiger partial charge in [-0.2, -0.15) is 0 Å². The second kappa shape index (κ2) is 5.36. The Bertz CT molecular complexity index is 287. The number of hydrogen-bond acceptors (Lipinski definition) is 3. The smallest absolute Gasteiger partial charge is 0.265 e. The summed E-state index contributed by atoms with van der Waals surface area (Å²) < 4.78 is 4.76. The van der Waals surface area contributed by atoms with Crippen molar-refractivity contribution in [1.82, 2.24) is 5.32 Å². The Hall–Kier alpha value is -1.39. The van der Waals surface area contributed by atoms with E-state index in [0.717, 1.165) is 0 Å². The number of nitrogens with zero attached hydrogens (tertiary/aromatic N) is 1. The Morgan fingerprint density at radius 3 is 2.71 bits per heavy atom. The number of benzene rings is 1. The molecule has 2 N–H and O–H groups in total. The molecular weight excluding hydrogens is 180 g/mol. The molecule has 0 aliphatic heterocycles. The van der Waals surface area contributed by atoms with E-state index < -0.39 is 6.04 Å². The molecule has 4 nitrogen and oxygen atoms in total. The third-order valence-electron chi connectivity index (χ3n) is 1.66. The number of nitrogens with two attached hydrogens (primary N) is 1. The molecule has 0 aliphatic carbocycles. The van der Waals surface area contributed by atoms with E-state index in [0.29, 0.717) is 5.69 Å². The predicted molar refractivity (Wildman–Crippen MR) is 53.1 cm³/mol. The molecule has 0 heterocycles. The lowest BCUT2D eigenvalue weighted by Gasteiger charge is -2.08. The summed E-state index contributed by atoms with van der Waals surface area (Å²) >= 11 is 0. The lowest BCUT2D eigenvalue weighted by molar-refractivity contribution is -0.122. The standard InChI is InChI=1S/C10H13N2O2/c1-14-7-9(11)10(13)12-8-5-3-2-4-6-8/h2-6,9H,7,11H2,1H3/t9-/m0/s1. The number of ether oxygens (including phenoxy) is 1. The molecule has 0 fully saturated rings. The fourth-order valence-electron chi connectivity index (χ4n) is 0.964. The van der Waals surface area contributed by atoms with Gasteiger partial charge in [-0.1, -0.05) is 18.2 Å². The van der Waals surface area contributed by atoms with Crippen LogP contribution in [0.25, 0.3) is 0 Å². The normalized spacial score (nSPS) is 12.1. The highest BCUT2D eigenvalue weighted by Crippen LogP contribution is 2.05. The van der Waals surface area contributed by atoms with Crippen molar-refractivity contribution in [1.29, 1.82) is 0 Å². The molecule has 1 atom stereocenters. The topological polar surface area (TPSA) is 66.4 Å². The highest BCUT2D eigenvalue weighted by atomic mass is 16.5. The maximum absolute atomic E-state index is 11.3. The Morgan fingerprint density at radius 1 is 1.50 bits per heavy atom. The highest BCUT2D eigenvalue weighted by Gasteiger charge is 2.14. The minimum absolute atomic E-state index is 0.190. The molecule has 1 amide bonds. The first-order chi connectivity index (χ1) is 6.74. The molecule has 0 aliphatic rings. The van der Waals surface area contributed by atoms with Crippen LogP contribution in [0.3, 0.4) is 0 Å². The largest absolute Gasteiger partial charge is 0.383 e. The van der Waals surface area contributed by atoms with Crippen LogP contribution >= 0.6 is 0 Å². The predicted octanol–water partition coefficient (Wildman–Crippen LogP) is 0.423. The molecule has 0 saturated carbocycles. The van der Waals surface area contributed by atoms with E-state index in [4.69, 9.17) is 10.5 Å². The van der Waals surface area contributed by atoms with Gasteiger partial charge >= 0.3 is 0 Å². The van der Waals surface area contributed by atoms with Gasteiger partial charge in [-0.15, -0.1) is 0 Å². The first kappa shape index (κ1) is 10.7. The molecule has 75 valence electrons. The summed E-state index contributed by atoms with van der Waals surface area (Å²) in [5.74, 6) is -0.363. The average molecular weight is 193 g/mol. The maximum Gasteiger partial charge on any atom is 0.265 e. The molecular formula is C10H13N2O2. The van der Waals surface area contributed by atoms with Crippen LogP contribution in [0.1, 0.15) is 0 Å². The van der Waals surface area contributed by atoms with Crippen LogP contribution in [-0.4, -0.2) is 25.7 Å². The Morgan fingerprint density at radius 2 is 2.14 bits per heavy atom. The van der Waals surface area contributed by atoms with Crippen molar-refractivity contribution in [2.24, 2.45) is 5.73 Å². The van der Waals surface area contributed by atoms with E-state index in [1.807, 2.05) is 18.2 Å². The molecule has 1 aromatic carbocycles. The Balaban J connectivity index is 2.49. The first-order valence-electron chi connectivity index (χ1n) is 4.29. The quantitative estimate of drug-likeness (QED) is 0.753. The highest BCUT2D eigenvalue weighted by molar-refractivity contribution is 5.85. The number of rotatable bonds is 4. The van der Waals surface area contributed by atoms with E-state index >= 15 is 0 Å². The average Bonchev–Trinajstić information content (AvgIpc) is 2.19. The maximum atomic E-state index is 11.3. The van der Waals surface area contributed by atoms with Gasteiger partial charge in [-0.25, -0.2) is 5.32 Å². The van der Waals surface area contributed by atoms with E-state index in [1.165, 1.54) is 7.11 Å². The number of amides is 1. The summed E-state index contributed by atoms with van der Waals surface area (Å²) in [6.07, 6.45) is 0. The fourth-order valence-corrected chi connectivity index (χ4v) is 0.964. The van der Waals surface area contributed by atoms with Crippen LogP contribution in [-0.2, 0) is 9.53 Å². The zero-order chi connectivity index (χ0) is 10.4. The summed E-state index contributed by atoms with van der Waals surface area (Å²) in [5.41, 5.74) is 6.12. The molecule has 1 aromatic rings. The molecule has 0 aromatic heterocycles. The summed E-state index contributed by atoms with van der Waals surface area (Å²) in [5, 5.41) is 3.83. The van der Waals surface area contributed by atoms with E-state index in [1.54, 1.807) is 12.1 Å². The van der Waals surface area contributed by atoms with Gasteiger partial charge in [0, 0.05) is 7.11 Å². The summed E-state index contributed by atoms with van der Waals surface area (Å²) in [6.45, 7) is 0.190. The lowest BCUT2D eigenvalue weighted by atomic mass is 10.2. The minimum atomic E-state index is -0.680. The van der Waals surface area contributed by atoms with Gasteiger partial charge in [0.2, 0.25) is 0 Å². The number of hydrogen-bond donors (Lipinski definition) is 1. The van der Waals surface area contributed by atoms with Crippen LogP contribution in [0.4, 0.5) is 5.69 Å². The van der Waals surface area contributed by atoms with Crippen molar-refractivity contribution in [2.75, 3.05) is 13.7 Å². The van der Waals surface area contributed by atoms with Gasteiger partial charge in [-0.3, -0.25) is 4.79 Å². The van der Waals surface area contributed by atoms with Crippen LogP contribution in [0.2, 0.25) is 0 Å². The Kier molecular flexibility index (Phi) is 4.10. The molecule has 1 radical (unpaired) electrons. The van der Waals surface area contributed by atoms with Gasteiger partial charge in [0.05, 0.1) is 12.3 Å². The molecule has 4 heteroatoms. The van der Waals surface area contributed by atoms with Crippen molar-refractivity contribution in [3.63, 3.8) is 0 Å². The van der Waals surface area contributed by atoms with Gasteiger partial charge in [0.25, 0.3) is 5.91 Å². The molecule has 0 spiro atoms. The number of methoxy groups -OCH3 is 1. The van der Waals surface area contributed by atoms with Crippen LogP contribution in [0, 0.1) is 0 Å². The van der Waals surface area contributed by atoms with Gasteiger partial charge < -0.3 is 10.5 Å². The van der Waals surface area contributed by atoms with Crippen molar-refractivity contribution >= 4 is 11.6 Å². The van der Waals surface area contributed by atoms with E-state index in [-0.39, 0.29) is 12.5 Å². The number of carbonyl (C=O) groups is 1.